The van der Waals surface area contributed by atoms with Gasteiger partial charge in [-0.3, -0.25) is 14.6 Å². The first-order valence-electron chi connectivity index (χ1n) is 8.45. The van der Waals surface area contributed by atoms with E-state index in [1.54, 1.807) is 19.3 Å². The van der Waals surface area contributed by atoms with Crippen LogP contribution in [-0.2, 0) is 16.1 Å². The molecule has 2 aliphatic rings. The van der Waals surface area contributed by atoms with Crippen molar-refractivity contribution in [3.8, 4) is 0 Å². The number of likely N-dealkylation sites (tertiary alicyclic amines) is 1. The summed E-state index contributed by atoms with van der Waals surface area (Å²) in [4.78, 5) is 32.7. The topological polar surface area (TPSA) is 53.5 Å². The number of amides is 2. The zero-order valence-electron chi connectivity index (χ0n) is 14.0. The Kier molecular flexibility index (Phi) is 4.37. The third kappa shape index (κ3) is 3.54. The minimum atomic E-state index is -0.133. The fourth-order valence-electron chi connectivity index (χ4n) is 3.36. The van der Waals surface area contributed by atoms with Gasteiger partial charge in [0.1, 0.15) is 0 Å². The monoisotopic (exact) mass is 315 g/mol. The van der Waals surface area contributed by atoms with Crippen LogP contribution in [0.25, 0.3) is 0 Å². The number of piperidine rings is 1. The predicted octanol–water partition coefficient (Wildman–Crippen LogP) is 2.22. The summed E-state index contributed by atoms with van der Waals surface area (Å²) in [6.07, 6.45) is 7.45. The number of hydrogen-bond donors (Lipinski definition) is 0. The van der Waals surface area contributed by atoms with E-state index < -0.39 is 0 Å². The highest BCUT2D eigenvalue weighted by molar-refractivity contribution is 5.85. The maximum atomic E-state index is 12.6. The summed E-state index contributed by atoms with van der Waals surface area (Å²) in [5.74, 6) is 0.331. The van der Waals surface area contributed by atoms with Gasteiger partial charge >= 0.3 is 0 Å². The fraction of sp³-hybridized carbons (Fsp3) is 0.611. The first kappa shape index (κ1) is 16.0. The molecular weight excluding hydrogens is 290 g/mol. The number of carbonyl (C=O) groups excluding carboxylic acids is 2. The van der Waals surface area contributed by atoms with Crippen LogP contribution in [0.4, 0.5) is 0 Å². The van der Waals surface area contributed by atoms with Gasteiger partial charge in [-0.25, -0.2) is 0 Å². The van der Waals surface area contributed by atoms with Crippen LogP contribution in [0, 0.1) is 5.41 Å². The molecule has 1 unspecified atom stereocenters. The Morgan fingerprint density at radius 3 is 2.83 bits per heavy atom. The SMILES string of the molecule is CC(=O)N(Cc1cccnc1)C1CCCN(C(=O)C2(C)CC2)C1. The van der Waals surface area contributed by atoms with Gasteiger partial charge in [-0.05, 0) is 37.3 Å². The largest absolute Gasteiger partial charge is 0.340 e. The minimum Gasteiger partial charge on any atom is -0.340 e. The summed E-state index contributed by atoms with van der Waals surface area (Å²) >= 11 is 0. The van der Waals surface area contributed by atoms with Crippen LogP contribution in [0.15, 0.2) is 24.5 Å². The van der Waals surface area contributed by atoms with E-state index in [1.807, 2.05) is 21.9 Å². The molecule has 0 spiro atoms. The van der Waals surface area contributed by atoms with Crippen molar-refractivity contribution in [2.75, 3.05) is 13.1 Å². The van der Waals surface area contributed by atoms with Crippen LogP contribution in [0.3, 0.4) is 0 Å². The van der Waals surface area contributed by atoms with Gasteiger partial charge in [0.25, 0.3) is 0 Å². The standard InChI is InChI=1S/C18H25N3O2/c1-14(22)21(12-15-5-3-9-19-11-15)16-6-4-10-20(13-16)17(23)18(2)7-8-18/h3,5,9,11,16H,4,6-8,10,12-13H2,1-2H3. The molecular formula is C18H25N3O2. The molecule has 1 aromatic rings. The molecule has 0 bridgehead atoms. The molecule has 3 rings (SSSR count). The smallest absolute Gasteiger partial charge is 0.228 e. The third-order valence-electron chi connectivity index (χ3n) is 5.12. The molecule has 124 valence electrons. The molecule has 1 aliphatic heterocycles. The maximum absolute atomic E-state index is 12.6. The van der Waals surface area contributed by atoms with E-state index in [9.17, 15) is 9.59 Å². The number of aromatic nitrogens is 1. The van der Waals surface area contributed by atoms with Gasteiger partial charge in [0, 0.05) is 50.4 Å². The van der Waals surface area contributed by atoms with E-state index in [2.05, 4.69) is 11.9 Å². The Morgan fingerprint density at radius 2 is 2.22 bits per heavy atom. The van der Waals surface area contributed by atoms with Gasteiger partial charge < -0.3 is 9.80 Å². The summed E-state index contributed by atoms with van der Waals surface area (Å²) < 4.78 is 0. The van der Waals surface area contributed by atoms with Crippen molar-refractivity contribution in [1.82, 2.24) is 14.8 Å². The van der Waals surface area contributed by atoms with Crippen molar-refractivity contribution in [3.05, 3.63) is 30.1 Å². The van der Waals surface area contributed by atoms with Crippen molar-refractivity contribution in [2.24, 2.45) is 5.41 Å². The predicted molar refractivity (Wildman–Crippen MR) is 87.4 cm³/mol. The zero-order chi connectivity index (χ0) is 16.4. The van der Waals surface area contributed by atoms with Crippen LogP contribution in [-0.4, -0.2) is 45.7 Å². The molecule has 0 radical (unpaired) electrons. The van der Waals surface area contributed by atoms with Crippen molar-refractivity contribution in [3.63, 3.8) is 0 Å². The van der Waals surface area contributed by atoms with Gasteiger partial charge in [0.2, 0.25) is 11.8 Å². The lowest BCUT2D eigenvalue weighted by Crippen LogP contribution is -2.52. The van der Waals surface area contributed by atoms with Crippen molar-refractivity contribution < 1.29 is 9.59 Å². The minimum absolute atomic E-state index is 0.0609. The molecule has 1 aromatic heterocycles. The van der Waals surface area contributed by atoms with Crippen LogP contribution < -0.4 is 0 Å². The average Bonchev–Trinajstić information content (AvgIpc) is 3.31. The highest BCUT2D eigenvalue weighted by Gasteiger charge is 2.48. The molecule has 1 atom stereocenters. The Balaban J connectivity index is 1.69. The molecule has 5 heteroatoms. The quantitative estimate of drug-likeness (QED) is 0.856. The highest BCUT2D eigenvalue weighted by Crippen LogP contribution is 2.46. The van der Waals surface area contributed by atoms with Gasteiger partial charge in [0.15, 0.2) is 0 Å². The molecule has 1 saturated heterocycles. The molecule has 1 saturated carbocycles. The first-order chi connectivity index (χ1) is 11.0. The maximum Gasteiger partial charge on any atom is 0.228 e. The molecule has 0 N–H and O–H groups in total. The Hall–Kier alpha value is -1.91. The second-order valence-electron chi connectivity index (χ2n) is 7.12. The van der Waals surface area contributed by atoms with Gasteiger partial charge in [-0.1, -0.05) is 13.0 Å². The molecule has 2 heterocycles. The summed E-state index contributed by atoms with van der Waals surface area (Å²) in [6, 6.07) is 3.98. The first-order valence-corrected chi connectivity index (χ1v) is 8.45. The van der Waals surface area contributed by atoms with E-state index in [1.165, 1.54) is 0 Å². The molecule has 2 amide bonds. The normalized spacial score (nSPS) is 22.5. The second kappa shape index (κ2) is 6.30. The van der Waals surface area contributed by atoms with Crippen molar-refractivity contribution in [1.29, 1.82) is 0 Å². The highest BCUT2D eigenvalue weighted by atomic mass is 16.2. The zero-order valence-corrected chi connectivity index (χ0v) is 14.0. The summed E-state index contributed by atoms with van der Waals surface area (Å²) in [7, 11) is 0. The van der Waals surface area contributed by atoms with E-state index in [0.717, 1.165) is 37.8 Å². The number of rotatable bonds is 4. The van der Waals surface area contributed by atoms with Crippen LogP contribution in [0.5, 0.6) is 0 Å². The van der Waals surface area contributed by atoms with Crippen molar-refractivity contribution >= 4 is 11.8 Å². The lowest BCUT2D eigenvalue weighted by molar-refractivity contribution is -0.142. The number of hydrogen-bond acceptors (Lipinski definition) is 3. The lowest BCUT2D eigenvalue weighted by atomic mass is 10.00. The van der Waals surface area contributed by atoms with Crippen molar-refractivity contribution in [2.45, 2.75) is 52.1 Å². The van der Waals surface area contributed by atoms with E-state index in [-0.39, 0.29) is 23.3 Å². The van der Waals surface area contributed by atoms with Gasteiger partial charge in [-0.2, -0.15) is 0 Å². The van der Waals surface area contributed by atoms with Gasteiger partial charge in [-0.15, -0.1) is 0 Å². The Labute approximate surface area is 137 Å². The summed E-state index contributed by atoms with van der Waals surface area (Å²) in [6.45, 7) is 5.71. The summed E-state index contributed by atoms with van der Waals surface area (Å²) in [5, 5.41) is 0. The number of nitrogens with zero attached hydrogens (tertiary/aromatic N) is 3. The Bertz CT molecular complexity index is 583. The number of carbonyl (C=O) groups is 2. The number of pyridine rings is 1. The van der Waals surface area contributed by atoms with E-state index in [0.29, 0.717) is 13.1 Å². The van der Waals surface area contributed by atoms with Crippen LogP contribution >= 0.6 is 0 Å². The summed E-state index contributed by atoms with van der Waals surface area (Å²) in [5.41, 5.74) is 0.895. The Morgan fingerprint density at radius 1 is 1.43 bits per heavy atom. The van der Waals surface area contributed by atoms with E-state index in [4.69, 9.17) is 0 Å². The lowest BCUT2D eigenvalue weighted by Gasteiger charge is -2.40. The van der Waals surface area contributed by atoms with Crippen LogP contribution in [0.1, 0.15) is 45.1 Å². The average molecular weight is 315 g/mol. The molecule has 5 nitrogen and oxygen atoms in total. The third-order valence-corrected chi connectivity index (χ3v) is 5.12. The van der Waals surface area contributed by atoms with Crippen LogP contribution in [0.2, 0.25) is 0 Å². The molecule has 0 aromatic carbocycles. The van der Waals surface area contributed by atoms with Gasteiger partial charge in [0.05, 0.1) is 0 Å². The molecule has 2 fully saturated rings. The molecule has 1 aliphatic carbocycles. The molecule has 23 heavy (non-hydrogen) atoms. The van der Waals surface area contributed by atoms with E-state index >= 15 is 0 Å². The fourth-order valence-corrected chi connectivity index (χ4v) is 3.36. The second-order valence-corrected chi connectivity index (χ2v) is 7.12.